The van der Waals surface area contributed by atoms with Crippen molar-refractivity contribution < 1.29 is 9.59 Å². The van der Waals surface area contributed by atoms with Crippen LogP contribution in [0.5, 0.6) is 0 Å². The Morgan fingerprint density at radius 1 is 1.53 bits per heavy atom. The highest BCUT2D eigenvalue weighted by Crippen LogP contribution is 2.23. The highest BCUT2D eigenvalue weighted by Gasteiger charge is 2.31. The summed E-state index contributed by atoms with van der Waals surface area (Å²) in [7, 11) is 0. The van der Waals surface area contributed by atoms with Gasteiger partial charge in [-0.2, -0.15) is 0 Å². The molecule has 2 fully saturated rings. The molecular formula is C12H22ClN3O2S. The lowest BCUT2D eigenvalue weighted by Crippen LogP contribution is -2.52. The van der Waals surface area contributed by atoms with Crippen LogP contribution in [0, 0.1) is 5.92 Å². The Bertz CT molecular complexity index is 343. The number of nitrogens with two attached hydrogens (primary N) is 1. The minimum Gasteiger partial charge on any atom is -0.337 e. The summed E-state index contributed by atoms with van der Waals surface area (Å²) in [6, 6.07) is 0.145. The van der Waals surface area contributed by atoms with Crippen molar-refractivity contribution >= 4 is 36.0 Å². The van der Waals surface area contributed by atoms with Crippen LogP contribution in [0.4, 0.5) is 0 Å². The molecule has 0 aromatic carbocycles. The van der Waals surface area contributed by atoms with Gasteiger partial charge in [-0.05, 0) is 18.8 Å². The van der Waals surface area contributed by atoms with Gasteiger partial charge in [-0.15, -0.1) is 24.2 Å². The number of piperidine rings is 1. The number of halogens is 1. The van der Waals surface area contributed by atoms with Crippen LogP contribution in [-0.2, 0) is 9.59 Å². The molecule has 2 heterocycles. The number of thioether (sulfide) groups is 1. The van der Waals surface area contributed by atoms with E-state index in [2.05, 4.69) is 6.92 Å². The summed E-state index contributed by atoms with van der Waals surface area (Å²) < 4.78 is 0. The van der Waals surface area contributed by atoms with E-state index >= 15 is 0 Å². The zero-order chi connectivity index (χ0) is 13.1. The average molecular weight is 308 g/mol. The van der Waals surface area contributed by atoms with Gasteiger partial charge in [0.25, 0.3) is 0 Å². The van der Waals surface area contributed by atoms with Crippen LogP contribution in [0.25, 0.3) is 0 Å². The summed E-state index contributed by atoms with van der Waals surface area (Å²) in [5.41, 5.74) is 5.75. The standard InChI is InChI=1S/C12H21N3O2S.ClH/c1-9-2-3-15(10(4-9)5-13)11(16)6-14-8-18-7-12(14)17;/h9-10H,2-8,13H2,1H3;1H. The van der Waals surface area contributed by atoms with E-state index in [1.807, 2.05) is 4.90 Å². The van der Waals surface area contributed by atoms with Crippen molar-refractivity contribution in [3.05, 3.63) is 0 Å². The van der Waals surface area contributed by atoms with E-state index in [1.54, 1.807) is 16.7 Å². The van der Waals surface area contributed by atoms with Gasteiger partial charge >= 0.3 is 0 Å². The number of likely N-dealkylation sites (tertiary alicyclic amines) is 1. The van der Waals surface area contributed by atoms with Crippen molar-refractivity contribution in [3.8, 4) is 0 Å². The van der Waals surface area contributed by atoms with E-state index in [0.717, 1.165) is 19.4 Å². The molecule has 2 saturated heterocycles. The molecule has 110 valence electrons. The smallest absolute Gasteiger partial charge is 0.242 e. The third-order valence-electron chi connectivity index (χ3n) is 3.72. The molecule has 0 radical (unpaired) electrons. The normalized spacial score (nSPS) is 27.4. The molecule has 0 aliphatic carbocycles. The van der Waals surface area contributed by atoms with E-state index < -0.39 is 0 Å². The van der Waals surface area contributed by atoms with Gasteiger partial charge in [0.1, 0.15) is 6.54 Å². The molecule has 0 aromatic rings. The molecule has 2 N–H and O–H groups in total. The molecule has 19 heavy (non-hydrogen) atoms. The summed E-state index contributed by atoms with van der Waals surface area (Å²) in [5.74, 6) is 1.90. The Morgan fingerprint density at radius 3 is 2.84 bits per heavy atom. The minimum absolute atomic E-state index is 0. The van der Waals surface area contributed by atoms with Crippen LogP contribution in [0.15, 0.2) is 0 Å². The van der Waals surface area contributed by atoms with Gasteiger partial charge in [0, 0.05) is 19.1 Å². The number of hydrogen-bond donors (Lipinski definition) is 1. The van der Waals surface area contributed by atoms with Crippen LogP contribution in [0.2, 0.25) is 0 Å². The van der Waals surface area contributed by atoms with Crippen molar-refractivity contribution in [2.45, 2.75) is 25.8 Å². The first-order valence-electron chi connectivity index (χ1n) is 6.47. The first-order chi connectivity index (χ1) is 8.61. The van der Waals surface area contributed by atoms with Crippen LogP contribution < -0.4 is 5.73 Å². The lowest BCUT2D eigenvalue weighted by atomic mass is 9.92. The van der Waals surface area contributed by atoms with Gasteiger partial charge in [0.05, 0.1) is 11.6 Å². The Morgan fingerprint density at radius 2 is 2.26 bits per heavy atom. The maximum Gasteiger partial charge on any atom is 0.242 e. The third-order valence-corrected chi connectivity index (χ3v) is 4.67. The highest BCUT2D eigenvalue weighted by atomic mass is 35.5. The predicted octanol–water partition coefficient (Wildman–Crippen LogP) is 0.527. The number of hydrogen-bond acceptors (Lipinski definition) is 4. The molecule has 2 unspecified atom stereocenters. The van der Waals surface area contributed by atoms with Gasteiger partial charge in [-0.1, -0.05) is 6.92 Å². The van der Waals surface area contributed by atoms with E-state index in [0.29, 0.717) is 24.1 Å². The molecule has 0 aromatic heterocycles. The fraction of sp³-hybridized carbons (Fsp3) is 0.833. The third kappa shape index (κ3) is 4.00. The van der Waals surface area contributed by atoms with E-state index in [9.17, 15) is 9.59 Å². The lowest BCUT2D eigenvalue weighted by Gasteiger charge is -2.38. The van der Waals surface area contributed by atoms with Crippen molar-refractivity contribution in [3.63, 3.8) is 0 Å². The molecule has 5 nitrogen and oxygen atoms in total. The Hall–Kier alpha value is -0.460. The number of carbonyl (C=O) groups is 2. The quantitative estimate of drug-likeness (QED) is 0.826. The summed E-state index contributed by atoms with van der Waals surface area (Å²) in [6.45, 7) is 3.71. The summed E-state index contributed by atoms with van der Waals surface area (Å²) in [6.07, 6.45) is 2.01. The Balaban J connectivity index is 0.00000180. The fourth-order valence-electron chi connectivity index (χ4n) is 2.60. The maximum absolute atomic E-state index is 12.2. The molecule has 2 atom stereocenters. The molecule has 2 aliphatic heterocycles. The van der Waals surface area contributed by atoms with Crippen molar-refractivity contribution in [2.24, 2.45) is 11.7 Å². The molecule has 0 saturated carbocycles. The summed E-state index contributed by atoms with van der Waals surface area (Å²) in [5, 5.41) is 0. The summed E-state index contributed by atoms with van der Waals surface area (Å²) >= 11 is 1.57. The van der Waals surface area contributed by atoms with Gasteiger partial charge in [-0.3, -0.25) is 9.59 Å². The molecule has 2 rings (SSSR count). The molecule has 0 spiro atoms. The number of rotatable bonds is 3. The second-order valence-electron chi connectivity index (χ2n) is 5.18. The SMILES string of the molecule is CC1CCN(C(=O)CN2CSCC2=O)C(CN)C1.Cl. The lowest BCUT2D eigenvalue weighted by molar-refractivity contribution is -0.140. The number of amides is 2. The van der Waals surface area contributed by atoms with Crippen molar-refractivity contribution in [1.82, 2.24) is 9.80 Å². The Kier molecular flexibility index (Phi) is 6.42. The van der Waals surface area contributed by atoms with E-state index in [1.165, 1.54) is 0 Å². The zero-order valence-electron chi connectivity index (χ0n) is 11.2. The van der Waals surface area contributed by atoms with Crippen molar-refractivity contribution in [1.29, 1.82) is 0 Å². The van der Waals surface area contributed by atoms with Gasteiger partial charge < -0.3 is 15.5 Å². The number of nitrogens with zero attached hydrogens (tertiary/aromatic N) is 2. The van der Waals surface area contributed by atoms with E-state index in [-0.39, 0.29) is 36.8 Å². The Labute approximate surface area is 124 Å². The van der Waals surface area contributed by atoms with E-state index in [4.69, 9.17) is 5.73 Å². The fourth-order valence-corrected chi connectivity index (χ4v) is 3.50. The average Bonchev–Trinajstić information content (AvgIpc) is 2.74. The molecular weight excluding hydrogens is 286 g/mol. The molecule has 2 aliphatic rings. The van der Waals surface area contributed by atoms with Crippen LogP contribution in [-0.4, -0.2) is 58.9 Å². The number of carbonyl (C=O) groups excluding carboxylic acids is 2. The second kappa shape index (κ2) is 7.36. The van der Waals surface area contributed by atoms with Gasteiger partial charge in [0.15, 0.2) is 0 Å². The minimum atomic E-state index is 0. The van der Waals surface area contributed by atoms with Crippen LogP contribution in [0.1, 0.15) is 19.8 Å². The highest BCUT2D eigenvalue weighted by molar-refractivity contribution is 8.00. The predicted molar refractivity (Wildman–Crippen MR) is 79.2 cm³/mol. The van der Waals surface area contributed by atoms with Gasteiger partial charge in [0.2, 0.25) is 11.8 Å². The second-order valence-corrected chi connectivity index (χ2v) is 6.13. The maximum atomic E-state index is 12.2. The van der Waals surface area contributed by atoms with Crippen LogP contribution in [0.3, 0.4) is 0 Å². The van der Waals surface area contributed by atoms with Crippen LogP contribution >= 0.6 is 24.2 Å². The summed E-state index contributed by atoms with van der Waals surface area (Å²) in [4.78, 5) is 27.3. The largest absolute Gasteiger partial charge is 0.337 e. The molecule has 2 amide bonds. The zero-order valence-corrected chi connectivity index (χ0v) is 12.8. The molecule has 0 bridgehead atoms. The first kappa shape index (κ1) is 16.6. The van der Waals surface area contributed by atoms with Gasteiger partial charge in [-0.25, -0.2) is 0 Å². The van der Waals surface area contributed by atoms with Crippen molar-refractivity contribution in [2.75, 3.05) is 31.3 Å². The monoisotopic (exact) mass is 307 g/mol. The first-order valence-corrected chi connectivity index (χ1v) is 7.62. The molecule has 7 heteroatoms. The topological polar surface area (TPSA) is 66.6 Å².